The number of carbonyl (C=O) groups excluding carboxylic acids is 1. The van der Waals surface area contributed by atoms with E-state index in [0.29, 0.717) is 6.42 Å². The molecule has 0 saturated heterocycles. The Morgan fingerprint density at radius 2 is 2.25 bits per heavy atom. The van der Waals surface area contributed by atoms with Gasteiger partial charge in [-0.3, -0.25) is 9.48 Å². The molecule has 20 heavy (non-hydrogen) atoms. The van der Waals surface area contributed by atoms with E-state index in [1.807, 2.05) is 23.4 Å². The second-order valence-electron chi connectivity index (χ2n) is 5.41. The molecule has 4 nitrogen and oxygen atoms in total. The van der Waals surface area contributed by atoms with Crippen molar-refractivity contribution in [2.45, 2.75) is 45.4 Å². The topological polar surface area (TPSA) is 44.1 Å². The van der Waals surface area contributed by atoms with Crippen molar-refractivity contribution in [1.82, 2.24) is 9.78 Å². The van der Waals surface area contributed by atoms with Gasteiger partial charge in [0.1, 0.15) is 0 Å². The van der Waals surface area contributed by atoms with Gasteiger partial charge in [-0.25, -0.2) is 0 Å². The van der Waals surface area contributed by atoms with Crippen LogP contribution in [-0.2, 0) is 21.8 Å². The van der Waals surface area contributed by atoms with Gasteiger partial charge in [0.2, 0.25) is 0 Å². The third-order valence-electron chi connectivity index (χ3n) is 3.80. The van der Waals surface area contributed by atoms with E-state index in [2.05, 4.69) is 28.0 Å². The number of thioether (sulfide) groups is 1. The van der Waals surface area contributed by atoms with Gasteiger partial charge in [-0.2, -0.15) is 16.9 Å². The summed E-state index contributed by atoms with van der Waals surface area (Å²) in [6.07, 6.45) is 2.84. The Morgan fingerprint density at radius 1 is 1.55 bits per heavy atom. The van der Waals surface area contributed by atoms with E-state index >= 15 is 0 Å². The van der Waals surface area contributed by atoms with Gasteiger partial charge in [-0.1, -0.05) is 0 Å². The Hall–Kier alpha value is -0.490. The molecule has 1 aromatic heterocycles. The number of hydrogen-bond donors (Lipinski definition) is 0. The quantitative estimate of drug-likeness (QED) is 0.697. The molecule has 1 saturated carbocycles. The van der Waals surface area contributed by atoms with E-state index < -0.39 is 0 Å². The Labute approximate surface area is 132 Å². The number of carbonyl (C=O) groups is 1. The highest BCUT2D eigenvalue weighted by Gasteiger charge is 2.44. The summed E-state index contributed by atoms with van der Waals surface area (Å²) in [7, 11) is 1.46. The molecular formula is C14H21BrN2O2S. The summed E-state index contributed by atoms with van der Waals surface area (Å²) >= 11 is 5.51. The molecular weight excluding hydrogens is 340 g/mol. The number of ether oxygens (including phenoxy) is 1. The summed E-state index contributed by atoms with van der Waals surface area (Å²) in [6.45, 7) is 5.01. The maximum atomic E-state index is 11.4. The minimum Gasteiger partial charge on any atom is -0.469 e. The average molecular weight is 361 g/mol. The minimum atomic E-state index is -0.0845. The first-order valence-corrected chi connectivity index (χ1v) is 8.82. The number of halogens is 1. The van der Waals surface area contributed by atoms with Gasteiger partial charge in [-0.15, -0.1) is 0 Å². The predicted molar refractivity (Wildman–Crippen MR) is 84.8 cm³/mol. The van der Waals surface area contributed by atoms with Gasteiger partial charge >= 0.3 is 5.97 Å². The summed E-state index contributed by atoms with van der Waals surface area (Å²) < 4.78 is 7.94. The van der Waals surface area contributed by atoms with Gasteiger partial charge in [0, 0.05) is 12.3 Å². The van der Waals surface area contributed by atoms with Gasteiger partial charge in [0.05, 0.1) is 29.4 Å². The lowest BCUT2D eigenvalue weighted by Crippen LogP contribution is -2.13. The Morgan fingerprint density at radius 3 is 2.80 bits per heavy atom. The first-order chi connectivity index (χ1) is 9.51. The van der Waals surface area contributed by atoms with Crippen LogP contribution in [-0.4, -0.2) is 28.6 Å². The zero-order valence-corrected chi connectivity index (χ0v) is 14.6. The molecule has 0 atom stereocenters. The van der Waals surface area contributed by atoms with Crippen LogP contribution in [0.1, 0.15) is 37.6 Å². The van der Waals surface area contributed by atoms with Crippen molar-refractivity contribution in [2.24, 2.45) is 5.41 Å². The van der Waals surface area contributed by atoms with E-state index in [1.54, 1.807) is 0 Å². The molecule has 1 aliphatic carbocycles. The third-order valence-corrected chi connectivity index (χ3v) is 6.13. The largest absolute Gasteiger partial charge is 0.469 e. The van der Waals surface area contributed by atoms with Crippen molar-refractivity contribution >= 4 is 33.7 Å². The molecule has 0 aromatic carbocycles. The summed E-state index contributed by atoms with van der Waals surface area (Å²) in [5, 5.41) is 4.50. The van der Waals surface area contributed by atoms with Crippen LogP contribution in [0.5, 0.6) is 0 Å². The van der Waals surface area contributed by atoms with Gasteiger partial charge in [0.25, 0.3) is 0 Å². The van der Waals surface area contributed by atoms with Gasteiger partial charge in [-0.05, 0) is 53.8 Å². The zero-order chi connectivity index (χ0) is 14.8. The van der Waals surface area contributed by atoms with Crippen LogP contribution in [0.4, 0.5) is 0 Å². The lowest BCUT2D eigenvalue weighted by atomic mass is 10.1. The van der Waals surface area contributed by atoms with E-state index in [-0.39, 0.29) is 11.4 Å². The van der Waals surface area contributed by atoms with Crippen LogP contribution in [0.15, 0.2) is 4.47 Å². The molecule has 0 amide bonds. The minimum absolute atomic E-state index is 0.0845. The first-order valence-electron chi connectivity index (χ1n) is 6.87. The number of rotatable bonds is 7. The van der Waals surface area contributed by atoms with E-state index in [1.165, 1.54) is 12.8 Å². The van der Waals surface area contributed by atoms with Crippen molar-refractivity contribution in [1.29, 1.82) is 0 Å². The van der Waals surface area contributed by atoms with Crippen LogP contribution in [0.3, 0.4) is 0 Å². The van der Waals surface area contributed by atoms with E-state index in [4.69, 9.17) is 4.74 Å². The molecule has 0 spiro atoms. The number of aromatic nitrogens is 2. The first kappa shape index (κ1) is 15.9. The Bertz CT molecular complexity index is 498. The molecule has 112 valence electrons. The number of hydrogen-bond acceptors (Lipinski definition) is 4. The summed E-state index contributed by atoms with van der Waals surface area (Å²) in [4.78, 5) is 11.4. The standard InChI is InChI=1S/C14H21BrN2O2S/c1-4-17-11(13(15)10(2)16-17)8-20-9-14(5-6-14)7-12(18)19-3/h4-9H2,1-3H3. The Kier molecular flexibility index (Phi) is 5.18. The number of nitrogens with zero attached hydrogens (tertiary/aromatic N) is 2. The summed E-state index contributed by atoms with van der Waals surface area (Å²) in [5.74, 6) is 1.86. The van der Waals surface area contributed by atoms with E-state index in [0.717, 1.165) is 41.1 Å². The molecule has 0 unspecified atom stereocenters. The van der Waals surface area contributed by atoms with Crippen LogP contribution in [0, 0.1) is 12.3 Å². The van der Waals surface area contributed by atoms with E-state index in [9.17, 15) is 4.79 Å². The molecule has 1 fully saturated rings. The van der Waals surface area contributed by atoms with Gasteiger partial charge < -0.3 is 4.74 Å². The normalized spacial score (nSPS) is 16.2. The lowest BCUT2D eigenvalue weighted by Gasteiger charge is -2.13. The second-order valence-corrected chi connectivity index (χ2v) is 7.19. The maximum Gasteiger partial charge on any atom is 0.306 e. The smallest absolute Gasteiger partial charge is 0.306 e. The third kappa shape index (κ3) is 3.58. The monoisotopic (exact) mass is 360 g/mol. The predicted octanol–water partition coefficient (Wildman–Crippen LogP) is 3.55. The molecule has 0 radical (unpaired) electrons. The maximum absolute atomic E-state index is 11.4. The summed E-state index contributed by atoms with van der Waals surface area (Å²) in [5.41, 5.74) is 2.47. The van der Waals surface area contributed by atoms with Crippen LogP contribution in [0.2, 0.25) is 0 Å². The van der Waals surface area contributed by atoms with Gasteiger partial charge in [0.15, 0.2) is 0 Å². The highest BCUT2D eigenvalue weighted by Crippen LogP contribution is 2.51. The van der Waals surface area contributed by atoms with Crippen molar-refractivity contribution in [2.75, 3.05) is 12.9 Å². The molecule has 2 rings (SSSR count). The fourth-order valence-corrected chi connectivity index (χ4v) is 4.32. The number of esters is 1. The number of aryl methyl sites for hydroxylation is 2. The molecule has 1 aromatic rings. The van der Waals surface area contributed by atoms with Crippen molar-refractivity contribution in [3.05, 3.63) is 15.9 Å². The lowest BCUT2D eigenvalue weighted by molar-refractivity contribution is -0.141. The summed E-state index contributed by atoms with van der Waals surface area (Å²) in [6, 6.07) is 0. The molecule has 6 heteroatoms. The molecule has 1 heterocycles. The molecule has 0 N–H and O–H groups in total. The fraction of sp³-hybridized carbons (Fsp3) is 0.714. The average Bonchev–Trinajstić information content (AvgIpc) is 3.14. The number of methoxy groups -OCH3 is 1. The molecule has 0 aliphatic heterocycles. The van der Waals surface area contributed by atoms with Crippen molar-refractivity contribution in [3.8, 4) is 0 Å². The van der Waals surface area contributed by atoms with Crippen LogP contribution < -0.4 is 0 Å². The zero-order valence-electron chi connectivity index (χ0n) is 12.2. The highest BCUT2D eigenvalue weighted by atomic mass is 79.9. The highest BCUT2D eigenvalue weighted by molar-refractivity contribution is 9.10. The fourth-order valence-electron chi connectivity index (χ4n) is 2.30. The molecule has 1 aliphatic rings. The second kappa shape index (κ2) is 6.52. The van der Waals surface area contributed by atoms with Crippen molar-refractivity contribution < 1.29 is 9.53 Å². The van der Waals surface area contributed by atoms with Crippen molar-refractivity contribution in [3.63, 3.8) is 0 Å². The Balaban J connectivity index is 1.89. The SMILES string of the molecule is CCn1nc(C)c(Br)c1CSCC1(CC(=O)OC)CC1. The van der Waals surface area contributed by atoms with Crippen LogP contribution >= 0.6 is 27.7 Å². The molecule has 0 bridgehead atoms. The van der Waals surface area contributed by atoms with Crippen LogP contribution in [0.25, 0.3) is 0 Å².